The monoisotopic (exact) mass is 898 g/mol. The number of likely N-dealkylation sites (N-methyl/N-ethyl adjacent to an activating group) is 1. The van der Waals surface area contributed by atoms with Gasteiger partial charge in [0.25, 0.3) is 5.91 Å². The van der Waals surface area contributed by atoms with Crippen molar-refractivity contribution in [3.63, 3.8) is 0 Å². The minimum Gasteiger partial charge on any atom is -0.493 e. The summed E-state index contributed by atoms with van der Waals surface area (Å²) >= 11 is 5.00. The summed E-state index contributed by atoms with van der Waals surface area (Å²) in [5.41, 5.74) is 6.59. The number of methoxy groups -OCH3 is 2. The number of ether oxygens (including phenoxy) is 5. The molecule has 0 radical (unpaired) electrons. The third kappa shape index (κ3) is 13.1. The van der Waals surface area contributed by atoms with E-state index in [0.717, 1.165) is 42.5 Å². The summed E-state index contributed by atoms with van der Waals surface area (Å²) in [6.45, 7) is 22.4. The van der Waals surface area contributed by atoms with Crippen LogP contribution in [0.1, 0.15) is 107 Å². The Balaban J connectivity index is 1.52. The molecule has 64 heavy (non-hydrogen) atoms. The van der Waals surface area contributed by atoms with Crippen LogP contribution < -0.4 is 29.2 Å². The number of aldehydes is 1. The van der Waals surface area contributed by atoms with E-state index in [-0.39, 0.29) is 35.5 Å². The molecule has 0 aromatic heterocycles. The molecule has 0 aliphatic carbocycles. The van der Waals surface area contributed by atoms with Crippen LogP contribution in [0.5, 0.6) is 23.0 Å². The molecule has 12 nitrogen and oxygen atoms in total. The zero-order valence-corrected chi connectivity index (χ0v) is 41.3. The SMILES string of the molecule is C/C=C1\CCN(C(=O)c2cc(OC)c(OCc3cc(COc4cc(N=CC5C/C(=C\C)CN5C)c(C=O)cc4OC)cc(N(CC(C)(C)S)C(C)(C)COC(C)(C)C)c3)cc2NC)C1. The van der Waals surface area contributed by atoms with Gasteiger partial charge in [-0.15, -0.1) is 0 Å². The summed E-state index contributed by atoms with van der Waals surface area (Å²) in [6.07, 6.45) is 8.69. The third-order valence-corrected chi connectivity index (χ3v) is 11.7. The van der Waals surface area contributed by atoms with Gasteiger partial charge in [0.2, 0.25) is 0 Å². The lowest BCUT2D eigenvalue weighted by Crippen LogP contribution is -2.53. The van der Waals surface area contributed by atoms with Crippen LogP contribution in [0, 0.1) is 0 Å². The first-order chi connectivity index (χ1) is 30.2. The molecule has 348 valence electrons. The Hall–Kier alpha value is -4.98. The molecule has 2 aliphatic heterocycles. The molecule has 3 aromatic rings. The van der Waals surface area contributed by atoms with Crippen LogP contribution in [0.4, 0.5) is 17.1 Å². The molecule has 2 fully saturated rings. The average Bonchev–Trinajstić information content (AvgIpc) is 3.90. The maximum Gasteiger partial charge on any atom is 0.256 e. The van der Waals surface area contributed by atoms with Crippen LogP contribution in [0.25, 0.3) is 0 Å². The molecule has 1 N–H and O–H groups in total. The van der Waals surface area contributed by atoms with Gasteiger partial charge in [-0.1, -0.05) is 23.3 Å². The van der Waals surface area contributed by atoms with E-state index < -0.39 is 5.54 Å². The number of hydrogen-bond acceptors (Lipinski definition) is 12. The summed E-state index contributed by atoms with van der Waals surface area (Å²) in [4.78, 5) is 37.3. The third-order valence-electron chi connectivity index (χ3n) is 11.6. The summed E-state index contributed by atoms with van der Waals surface area (Å²) in [7, 11) is 7.01. The van der Waals surface area contributed by atoms with Crippen molar-refractivity contribution in [2.45, 2.75) is 110 Å². The number of nitrogens with zero attached hydrogens (tertiary/aromatic N) is 4. The van der Waals surface area contributed by atoms with E-state index in [9.17, 15) is 9.59 Å². The summed E-state index contributed by atoms with van der Waals surface area (Å²) in [5.74, 6) is 1.77. The Morgan fingerprint density at radius 3 is 2.03 bits per heavy atom. The Morgan fingerprint density at radius 2 is 1.50 bits per heavy atom. The summed E-state index contributed by atoms with van der Waals surface area (Å²) < 4.78 is 30.8. The van der Waals surface area contributed by atoms with Crippen LogP contribution >= 0.6 is 12.6 Å². The number of aliphatic imine (C=N–C) groups is 1. The lowest BCUT2D eigenvalue weighted by Gasteiger charge is -2.44. The van der Waals surface area contributed by atoms with Crippen molar-refractivity contribution < 1.29 is 33.3 Å². The Labute approximate surface area is 387 Å². The molecule has 13 heteroatoms. The molecule has 2 saturated heterocycles. The molecular weight excluding hydrogens is 827 g/mol. The fourth-order valence-electron chi connectivity index (χ4n) is 7.89. The van der Waals surface area contributed by atoms with Gasteiger partial charge in [0.1, 0.15) is 13.2 Å². The van der Waals surface area contributed by atoms with Crippen molar-refractivity contribution in [2.24, 2.45) is 4.99 Å². The van der Waals surface area contributed by atoms with Gasteiger partial charge in [0.15, 0.2) is 29.3 Å². The molecule has 1 atom stereocenters. The fraction of sp³-hybridized carbons (Fsp3) is 0.510. The smallest absolute Gasteiger partial charge is 0.256 e. The van der Waals surface area contributed by atoms with Gasteiger partial charge in [0.05, 0.1) is 48.9 Å². The highest BCUT2D eigenvalue weighted by atomic mass is 32.1. The number of carbonyl (C=O) groups excluding carboxylic acids is 2. The Kier molecular flexibility index (Phi) is 16.7. The van der Waals surface area contributed by atoms with Crippen LogP contribution in [0.3, 0.4) is 0 Å². The van der Waals surface area contributed by atoms with Crippen molar-refractivity contribution >= 4 is 48.1 Å². The zero-order valence-electron chi connectivity index (χ0n) is 40.4. The number of thiol groups is 1. The maximum absolute atomic E-state index is 13.7. The predicted molar refractivity (Wildman–Crippen MR) is 263 cm³/mol. The van der Waals surface area contributed by atoms with E-state index in [1.165, 1.54) is 11.1 Å². The van der Waals surface area contributed by atoms with E-state index in [1.54, 1.807) is 39.5 Å². The zero-order chi connectivity index (χ0) is 47.0. The molecule has 1 unspecified atom stereocenters. The Morgan fingerprint density at radius 1 is 0.875 bits per heavy atom. The van der Waals surface area contributed by atoms with E-state index in [2.05, 4.69) is 108 Å². The van der Waals surface area contributed by atoms with E-state index in [4.69, 9.17) is 41.3 Å². The number of amides is 1. The van der Waals surface area contributed by atoms with Gasteiger partial charge in [0, 0.05) is 73.6 Å². The molecular formula is C51H71N5O7S. The second-order valence-corrected chi connectivity index (χ2v) is 20.2. The van der Waals surface area contributed by atoms with Crippen molar-refractivity contribution in [3.8, 4) is 23.0 Å². The van der Waals surface area contributed by atoms with Crippen LogP contribution in [0.15, 0.2) is 70.8 Å². The molecule has 1 amide bonds. The van der Waals surface area contributed by atoms with E-state index >= 15 is 0 Å². The van der Waals surface area contributed by atoms with Gasteiger partial charge >= 0.3 is 0 Å². The number of anilines is 2. The maximum atomic E-state index is 13.7. The highest BCUT2D eigenvalue weighted by molar-refractivity contribution is 7.81. The average molecular weight is 898 g/mol. The summed E-state index contributed by atoms with van der Waals surface area (Å²) in [5, 5.41) is 3.21. The first kappa shape index (κ1) is 50.0. The largest absolute Gasteiger partial charge is 0.493 e. The van der Waals surface area contributed by atoms with E-state index in [0.29, 0.717) is 71.7 Å². The van der Waals surface area contributed by atoms with Gasteiger partial charge in [-0.3, -0.25) is 19.5 Å². The fourth-order valence-corrected chi connectivity index (χ4v) is 8.03. The normalized spacial score (nSPS) is 17.4. The van der Waals surface area contributed by atoms with Crippen LogP contribution in [0.2, 0.25) is 0 Å². The number of nitrogens with one attached hydrogen (secondary N) is 1. The van der Waals surface area contributed by atoms with Crippen molar-refractivity contribution in [1.82, 2.24) is 9.80 Å². The molecule has 2 heterocycles. The first-order valence-electron chi connectivity index (χ1n) is 22.1. The van der Waals surface area contributed by atoms with Crippen molar-refractivity contribution in [3.05, 3.63) is 88.0 Å². The van der Waals surface area contributed by atoms with Gasteiger partial charge in [-0.25, -0.2) is 0 Å². The number of rotatable bonds is 19. The van der Waals surface area contributed by atoms with Crippen molar-refractivity contribution in [1.29, 1.82) is 0 Å². The number of hydrogen-bond donors (Lipinski definition) is 2. The van der Waals surface area contributed by atoms with E-state index in [1.807, 2.05) is 24.1 Å². The summed E-state index contributed by atoms with van der Waals surface area (Å²) in [6, 6.07) is 13.5. The number of likely N-dealkylation sites (tertiary alicyclic amines) is 2. The van der Waals surface area contributed by atoms with Crippen LogP contribution in [-0.2, 0) is 18.0 Å². The second-order valence-electron chi connectivity index (χ2n) is 19.0. The first-order valence-corrected chi connectivity index (χ1v) is 22.6. The molecule has 3 aromatic carbocycles. The lowest BCUT2D eigenvalue weighted by atomic mass is 9.98. The second kappa shape index (κ2) is 21.3. The molecule has 0 spiro atoms. The number of allylic oxidation sites excluding steroid dienone is 2. The minimum absolute atomic E-state index is 0.0607. The highest BCUT2D eigenvalue weighted by Gasteiger charge is 2.33. The molecule has 5 rings (SSSR count). The standard InChI is InChI=1S/C51H71N5O7S/c1-14-34-16-17-55(28-34)48(58)41-23-45(60-13)47(25-43(41)52-10)62-31-37-18-36(20-39(21-37)56(32-51(8,9)64)50(6,7)33-63-49(3,4)5)30-61-46-24-42(38(29-57)22-44(46)59-12)53-26-40-19-35(15-2)27-54(40)11/h14-15,18,20-26,29,40,52,64H,16-17,19,27-28,30-33H2,1-13H3/b34-14+,35-15+,53-26?. The Bertz CT molecular complexity index is 2220. The van der Waals surface area contributed by atoms with Crippen LogP contribution in [-0.4, -0.2) is 111 Å². The highest BCUT2D eigenvalue weighted by Crippen LogP contribution is 2.38. The lowest BCUT2D eigenvalue weighted by molar-refractivity contribution is -0.0246. The van der Waals surface area contributed by atoms with Gasteiger partial charge < -0.3 is 38.8 Å². The van der Waals surface area contributed by atoms with Gasteiger partial charge in [-0.2, -0.15) is 12.6 Å². The number of carbonyl (C=O) groups is 2. The molecule has 2 aliphatic rings. The quantitative estimate of drug-likeness (QED) is 0.0522. The number of benzene rings is 3. The predicted octanol–water partition coefficient (Wildman–Crippen LogP) is 9.97. The topological polar surface area (TPSA) is 114 Å². The molecule has 0 saturated carbocycles. The minimum atomic E-state index is -0.455. The van der Waals surface area contributed by atoms with Gasteiger partial charge in [-0.05, 0) is 124 Å². The molecule has 0 bridgehead atoms. The van der Waals surface area contributed by atoms with Crippen molar-refractivity contribution in [2.75, 3.05) is 71.3 Å².